The summed E-state index contributed by atoms with van der Waals surface area (Å²) in [7, 11) is 0. The zero-order valence-corrected chi connectivity index (χ0v) is 17.3. The zero-order chi connectivity index (χ0) is 18.8. The predicted octanol–water partition coefficient (Wildman–Crippen LogP) is 7.47. The van der Waals surface area contributed by atoms with Crippen LogP contribution in [0.2, 0.25) is 0 Å². The normalized spacial score (nSPS) is 12.5. The first-order valence-electron chi connectivity index (χ1n) is 10.3. The van der Waals surface area contributed by atoms with Crippen molar-refractivity contribution in [3.63, 3.8) is 0 Å². The van der Waals surface area contributed by atoms with Crippen molar-refractivity contribution in [1.29, 1.82) is 0 Å². The molecule has 0 radical (unpaired) electrons. The van der Waals surface area contributed by atoms with Gasteiger partial charge in [0.15, 0.2) is 0 Å². The molecule has 25 heavy (non-hydrogen) atoms. The van der Waals surface area contributed by atoms with Crippen LogP contribution in [0.5, 0.6) is 0 Å². The first-order chi connectivity index (χ1) is 12.0. The van der Waals surface area contributed by atoms with E-state index in [1.807, 2.05) is 12.2 Å². The van der Waals surface area contributed by atoms with Crippen molar-refractivity contribution in [3.05, 3.63) is 49.6 Å². The fraction of sp³-hybridized carbons (Fsp3) is 0.667. The van der Waals surface area contributed by atoms with Crippen molar-refractivity contribution in [3.8, 4) is 0 Å². The number of hydrogen-bond donors (Lipinski definition) is 0. The molecule has 0 aliphatic carbocycles. The molecule has 0 heterocycles. The lowest BCUT2D eigenvalue weighted by Gasteiger charge is -2.34. The quantitative estimate of drug-likeness (QED) is 0.207. The number of rotatable bonds is 16. The maximum absolute atomic E-state index is 3.77. The Morgan fingerprint density at radius 3 is 1.36 bits per heavy atom. The molecule has 0 bridgehead atoms. The highest BCUT2D eigenvalue weighted by Gasteiger charge is 2.18. The van der Waals surface area contributed by atoms with E-state index in [2.05, 4.69) is 63.1 Å². The molecule has 0 N–H and O–H groups in total. The van der Waals surface area contributed by atoms with Crippen molar-refractivity contribution < 1.29 is 0 Å². The van der Waals surface area contributed by atoms with E-state index in [0.29, 0.717) is 0 Å². The average molecular weight is 346 g/mol. The second-order valence-corrected chi connectivity index (χ2v) is 7.87. The molecular weight excluding hydrogens is 302 g/mol. The summed E-state index contributed by atoms with van der Waals surface area (Å²) in [5.74, 6) is 0. The minimum absolute atomic E-state index is 0.211. The molecule has 1 nitrogen and oxygen atoms in total. The molecule has 0 rings (SSSR count). The fourth-order valence-electron chi connectivity index (χ4n) is 2.72. The first-order valence-corrected chi connectivity index (χ1v) is 10.3. The maximum atomic E-state index is 3.77. The van der Waals surface area contributed by atoms with Crippen molar-refractivity contribution in [2.24, 2.45) is 0 Å². The Bertz CT molecular complexity index is 340. The number of unbranched alkanes of at least 4 members (excludes halogenated alkanes) is 8. The molecule has 0 aliphatic rings. The lowest BCUT2D eigenvalue weighted by Crippen LogP contribution is -2.41. The molecule has 0 fully saturated rings. The van der Waals surface area contributed by atoms with Gasteiger partial charge in [-0.1, -0.05) is 49.3 Å². The fourth-order valence-corrected chi connectivity index (χ4v) is 2.72. The van der Waals surface area contributed by atoms with Gasteiger partial charge in [-0.25, -0.2) is 0 Å². The molecule has 0 saturated carbocycles. The molecule has 0 aromatic rings. The van der Waals surface area contributed by atoms with E-state index >= 15 is 0 Å². The third-order valence-electron chi connectivity index (χ3n) is 4.49. The van der Waals surface area contributed by atoms with Gasteiger partial charge >= 0.3 is 0 Å². The van der Waals surface area contributed by atoms with Gasteiger partial charge in [-0.15, -0.1) is 13.2 Å². The topological polar surface area (TPSA) is 3.24 Å². The Labute approximate surface area is 158 Å². The first kappa shape index (κ1) is 23.9. The van der Waals surface area contributed by atoms with Gasteiger partial charge in [-0.3, -0.25) is 4.90 Å². The Kier molecular flexibility index (Phi) is 15.7. The molecule has 0 aliphatic heterocycles. The summed E-state index contributed by atoms with van der Waals surface area (Å²) in [6, 6.07) is 0. The van der Waals surface area contributed by atoms with Crippen LogP contribution in [0.1, 0.15) is 85.0 Å². The smallest absolute Gasteiger partial charge is 0.0171 e. The summed E-state index contributed by atoms with van der Waals surface area (Å²) in [5.41, 5.74) is 0.211. The second kappa shape index (κ2) is 16.4. The van der Waals surface area contributed by atoms with Gasteiger partial charge in [0, 0.05) is 18.6 Å². The second-order valence-electron chi connectivity index (χ2n) is 7.87. The lowest BCUT2D eigenvalue weighted by molar-refractivity contribution is 0.172. The van der Waals surface area contributed by atoms with Crippen LogP contribution in [0.4, 0.5) is 0 Å². The molecule has 0 atom stereocenters. The molecule has 0 saturated heterocycles. The van der Waals surface area contributed by atoms with Gasteiger partial charge in [0.1, 0.15) is 0 Å². The van der Waals surface area contributed by atoms with E-state index in [1.54, 1.807) is 0 Å². The van der Waals surface area contributed by atoms with Crippen molar-refractivity contribution in [2.75, 3.05) is 13.1 Å². The Balaban J connectivity index is 3.96. The molecule has 0 amide bonds. The van der Waals surface area contributed by atoms with E-state index in [9.17, 15) is 0 Å². The van der Waals surface area contributed by atoms with E-state index in [4.69, 9.17) is 0 Å². The molecule has 0 aromatic heterocycles. The van der Waals surface area contributed by atoms with Gasteiger partial charge in [0.25, 0.3) is 0 Å². The molecular formula is C24H43N. The third-order valence-corrected chi connectivity index (χ3v) is 4.49. The highest BCUT2D eigenvalue weighted by Crippen LogP contribution is 2.13. The minimum atomic E-state index is 0.211. The maximum Gasteiger partial charge on any atom is 0.0171 e. The van der Waals surface area contributed by atoms with E-state index < -0.39 is 0 Å². The van der Waals surface area contributed by atoms with Gasteiger partial charge in [-0.05, 0) is 72.1 Å². The van der Waals surface area contributed by atoms with Gasteiger partial charge in [0.05, 0.1) is 0 Å². The molecule has 144 valence electrons. The Hall–Kier alpha value is -1.08. The molecule has 0 unspecified atom stereocenters. The summed E-state index contributed by atoms with van der Waals surface area (Å²) in [6.07, 6.45) is 26.0. The Morgan fingerprint density at radius 2 is 1.00 bits per heavy atom. The van der Waals surface area contributed by atoms with Crippen LogP contribution in [0.25, 0.3) is 0 Å². The summed E-state index contributed by atoms with van der Waals surface area (Å²) in [5, 5.41) is 0. The van der Waals surface area contributed by atoms with Crippen LogP contribution >= 0.6 is 0 Å². The van der Waals surface area contributed by atoms with Crippen LogP contribution in [-0.2, 0) is 0 Å². The van der Waals surface area contributed by atoms with Crippen molar-refractivity contribution in [2.45, 2.75) is 90.5 Å². The minimum Gasteiger partial charge on any atom is -0.291 e. The monoisotopic (exact) mass is 345 g/mol. The lowest BCUT2D eigenvalue weighted by atomic mass is 10.1. The standard InChI is InChI=1S/C24H43N/c1-6-8-10-12-14-16-18-20-22-25(24(3,4)5)23-21-19-17-15-13-11-9-7-2/h6-7,18-21H,1-2,8-17,22-23H2,3-5H3. The third kappa shape index (κ3) is 16.2. The largest absolute Gasteiger partial charge is 0.291 e. The van der Waals surface area contributed by atoms with Crippen LogP contribution in [0.3, 0.4) is 0 Å². The molecule has 0 spiro atoms. The summed E-state index contributed by atoms with van der Waals surface area (Å²) in [4.78, 5) is 2.54. The number of nitrogens with zero attached hydrogens (tertiary/aromatic N) is 1. The molecule has 1 heteroatoms. The number of hydrogen-bond acceptors (Lipinski definition) is 1. The van der Waals surface area contributed by atoms with Gasteiger partial charge < -0.3 is 0 Å². The van der Waals surface area contributed by atoms with Gasteiger partial charge in [-0.2, -0.15) is 0 Å². The molecule has 0 aromatic carbocycles. The average Bonchev–Trinajstić information content (AvgIpc) is 2.56. The van der Waals surface area contributed by atoms with Gasteiger partial charge in [0.2, 0.25) is 0 Å². The SMILES string of the molecule is C=CCCCCCC=CCN(CC=CCCCCCC=C)C(C)(C)C. The predicted molar refractivity (Wildman–Crippen MR) is 116 cm³/mol. The van der Waals surface area contributed by atoms with Crippen molar-refractivity contribution >= 4 is 0 Å². The van der Waals surface area contributed by atoms with Crippen LogP contribution < -0.4 is 0 Å². The summed E-state index contributed by atoms with van der Waals surface area (Å²) >= 11 is 0. The number of allylic oxidation sites excluding steroid dienone is 4. The van der Waals surface area contributed by atoms with E-state index in [-0.39, 0.29) is 5.54 Å². The van der Waals surface area contributed by atoms with Crippen LogP contribution in [-0.4, -0.2) is 23.5 Å². The van der Waals surface area contributed by atoms with E-state index in [0.717, 1.165) is 25.9 Å². The summed E-state index contributed by atoms with van der Waals surface area (Å²) < 4.78 is 0. The Morgan fingerprint density at radius 1 is 0.600 bits per heavy atom. The summed E-state index contributed by atoms with van der Waals surface area (Å²) in [6.45, 7) is 16.5. The van der Waals surface area contributed by atoms with Crippen molar-refractivity contribution in [1.82, 2.24) is 4.90 Å². The zero-order valence-electron chi connectivity index (χ0n) is 17.3. The van der Waals surface area contributed by atoms with E-state index in [1.165, 1.54) is 51.4 Å². The van der Waals surface area contributed by atoms with Crippen LogP contribution in [0, 0.1) is 0 Å². The highest BCUT2D eigenvalue weighted by molar-refractivity contribution is 4.93. The highest BCUT2D eigenvalue weighted by atomic mass is 15.2. The van der Waals surface area contributed by atoms with Crippen LogP contribution in [0.15, 0.2) is 49.6 Å².